The third kappa shape index (κ3) is 3.38. The highest BCUT2D eigenvalue weighted by Gasteiger charge is 2.39. The molecule has 43 heavy (non-hydrogen) atoms. The molecule has 8 aromatic rings. The molecule has 9 rings (SSSR count). The Morgan fingerprint density at radius 1 is 0.349 bits per heavy atom. The SMILES string of the molecule is CC1(C)c2c(cccc2-c2c3ccccc3c(-c3ccc4ccccc4c3)c3ccccc23)-c2ccc3ccccc3c21. The van der Waals surface area contributed by atoms with Gasteiger partial charge in [-0.25, -0.2) is 0 Å². The molecular formula is C43H30. The summed E-state index contributed by atoms with van der Waals surface area (Å²) in [6.45, 7) is 4.84. The van der Waals surface area contributed by atoms with E-state index >= 15 is 0 Å². The Bertz CT molecular complexity index is 2360. The van der Waals surface area contributed by atoms with Gasteiger partial charge in [0.15, 0.2) is 0 Å². The summed E-state index contributed by atoms with van der Waals surface area (Å²) < 4.78 is 0. The quantitative estimate of drug-likeness (QED) is 0.189. The standard InChI is InChI=1S/C43H30/c1-43(2)41-31-15-6-5-13-28(31)24-25-37(41)36-20-11-21-38(42(36)43)40-34-18-9-7-16-32(34)39(33-17-8-10-19-35(33)40)30-23-22-27-12-3-4-14-29(27)26-30/h3-26H,1-2H3. The first-order valence-electron chi connectivity index (χ1n) is 15.2. The molecule has 202 valence electrons. The molecule has 0 heterocycles. The average Bonchev–Trinajstić information content (AvgIpc) is 3.30. The van der Waals surface area contributed by atoms with Gasteiger partial charge in [0, 0.05) is 5.41 Å². The van der Waals surface area contributed by atoms with Crippen molar-refractivity contribution >= 4 is 43.1 Å². The van der Waals surface area contributed by atoms with Crippen molar-refractivity contribution in [1.29, 1.82) is 0 Å². The maximum atomic E-state index is 2.42. The number of hydrogen-bond donors (Lipinski definition) is 0. The molecule has 0 nitrogen and oxygen atoms in total. The zero-order valence-electron chi connectivity index (χ0n) is 24.4. The molecule has 0 fully saturated rings. The lowest BCUT2D eigenvalue weighted by Crippen LogP contribution is -2.17. The van der Waals surface area contributed by atoms with Gasteiger partial charge >= 0.3 is 0 Å². The first-order valence-corrected chi connectivity index (χ1v) is 15.2. The summed E-state index contributed by atoms with van der Waals surface area (Å²) in [6.07, 6.45) is 0. The van der Waals surface area contributed by atoms with E-state index in [1.54, 1.807) is 0 Å². The van der Waals surface area contributed by atoms with Crippen LogP contribution in [0.25, 0.3) is 76.5 Å². The Kier molecular flexibility index (Phi) is 5.05. The van der Waals surface area contributed by atoms with Gasteiger partial charge in [0.05, 0.1) is 0 Å². The van der Waals surface area contributed by atoms with E-state index in [4.69, 9.17) is 0 Å². The van der Waals surface area contributed by atoms with E-state index in [0.29, 0.717) is 0 Å². The van der Waals surface area contributed by atoms with Crippen LogP contribution in [0.15, 0.2) is 146 Å². The molecule has 0 bridgehead atoms. The summed E-state index contributed by atoms with van der Waals surface area (Å²) in [4.78, 5) is 0. The van der Waals surface area contributed by atoms with Gasteiger partial charge in [0.25, 0.3) is 0 Å². The molecule has 8 aromatic carbocycles. The normalized spacial score (nSPS) is 13.5. The van der Waals surface area contributed by atoms with Crippen LogP contribution >= 0.6 is 0 Å². The Morgan fingerprint density at radius 2 is 0.860 bits per heavy atom. The molecule has 0 spiro atoms. The van der Waals surface area contributed by atoms with Gasteiger partial charge in [-0.05, 0) is 93.7 Å². The van der Waals surface area contributed by atoms with Crippen molar-refractivity contribution in [2.45, 2.75) is 19.3 Å². The van der Waals surface area contributed by atoms with Gasteiger partial charge < -0.3 is 0 Å². The van der Waals surface area contributed by atoms with E-state index in [-0.39, 0.29) is 5.41 Å². The number of rotatable bonds is 2. The van der Waals surface area contributed by atoms with Crippen molar-refractivity contribution in [2.75, 3.05) is 0 Å². The molecule has 0 N–H and O–H groups in total. The van der Waals surface area contributed by atoms with E-state index in [1.807, 2.05) is 0 Å². The van der Waals surface area contributed by atoms with Crippen molar-refractivity contribution in [3.63, 3.8) is 0 Å². The lowest BCUT2D eigenvalue weighted by molar-refractivity contribution is 0.668. The fraction of sp³-hybridized carbons (Fsp3) is 0.0698. The zero-order chi connectivity index (χ0) is 28.7. The molecule has 1 aliphatic carbocycles. The van der Waals surface area contributed by atoms with Crippen LogP contribution in [-0.4, -0.2) is 0 Å². The van der Waals surface area contributed by atoms with Crippen LogP contribution in [0.5, 0.6) is 0 Å². The highest BCUT2D eigenvalue weighted by Crippen LogP contribution is 2.56. The minimum Gasteiger partial charge on any atom is -0.0616 e. The fourth-order valence-electron chi connectivity index (χ4n) is 8.03. The largest absolute Gasteiger partial charge is 0.0616 e. The second-order valence-electron chi connectivity index (χ2n) is 12.5. The Morgan fingerprint density at radius 3 is 1.56 bits per heavy atom. The molecule has 0 radical (unpaired) electrons. The third-order valence-electron chi connectivity index (χ3n) is 9.77. The zero-order valence-corrected chi connectivity index (χ0v) is 24.4. The van der Waals surface area contributed by atoms with Gasteiger partial charge in [0.1, 0.15) is 0 Å². The lowest BCUT2D eigenvalue weighted by Gasteiger charge is -2.27. The molecule has 0 atom stereocenters. The monoisotopic (exact) mass is 546 g/mol. The van der Waals surface area contributed by atoms with Crippen molar-refractivity contribution in [1.82, 2.24) is 0 Å². The molecule has 0 saturated heterocycles. The number of fused-ring (bicyclic) bond motifs is 8. The topological polar surface area (TPSA) is 0 Å². The summed E-state index contributed by atoms with van der Waals surface area (Å²) in [5.74, 6) is 0. The summed E-state index contributed by atoms with van der Waals surface area (Å²) in [6, 6.07) is 54.0. The Balaban J connectivity index is 1.39. The predicted molar refractivity (Wildman–Crippen MR) is 185 cm³/mol. The molecule has 0 saturated carbocycles. The predicted octanol–water partition coefficient (Wildman–Crippen LogP) is 11.9. The molecule has 0 heteroatoms. The summed E-state index contributed by atoms with van der Waals surface area (Å²) in [7, 11) is 0. The van der Waals surface area contributed by atoms with Crippen molar-refractivity contribution in [3.05, 3.63) is 157 Å². The van der Waals surface area contributed by atoms with Crippen LogP contribution in [-0.2, 0) is 5.41 Å². The maximum absolute atomic E-state index is 2.42. The number of hydrogen-bond acceptors (Lipinski definition) is 0. The lowest BCUT2D eigenvalue weighted by atomic mass is 9.76. The van der Waals surface area contributed by atoms with Crippen LogP contribution < -0.4 is 0 Å². The first-order chi connectivity index (χ1) is 21.1. The van der Waals surface area contributed by atoms with Crippen LogP contribution in [0.2, 0.25) is 0 Å². The fourth-order valence-corrected chi connectivity index (χ4v) is 8.03. The number of benzene rings is 8. The molecular weight excluding hydrogens is 516 g/mol. The van der Waals surface area contributed by atoms with Crippen LogP contribution in [0, 0.1) is 0 Å². The van der Waals surface area contributed by atoms with E-state index < -0.39 is 0 Å². The smallest absolute Gasteiger partial charge is 0.0171 e. The summed E-state index contributed by atoms with van der Waals surface area (Å²) in [5, 5.41) is 10.4. The molecule has 1 aliphatic rings. The van der Waals surface area contributed by atoms with Gasteiger partial charge in [-0.1, -0.05) is 153 Å². The van der Waals surface area contributed by atoms with E-state index in [2.05, 4.69) is 159 Å². The van der Waals surface area contributed by atoms with Gasteiger partial charge in [-0.3, -0.25) is 0 Å². The molecule has 0 amide bonds. The van der Waals surface area contributed by atoms with Crippen LogP contribution in [0.4, 0.5) is 0 Å². The maximum Gasteiger partial charge on any atom is 0.0171 e. The van der Waals surface area contributed by atoms with Crippen LogP contribution in [0.1, 0.15) is 25.0 Å². The molecule has 0 aliphatic heterocycles. The Hall–Kier alpha value is -5.20. The minimum absolute atomic E-state index is 0.151. The first kappa shape index (κ1) is 24.4. The second kappa shape index (κ2) is 8.90. The van der Waals surface area contributed by atoms with E-state index in [1.165, 1.54) is 87.6 Å². The van der Waals surface area contributed by atoms with Crippen molar-refractivity contribution in [2.24, 2.45) is 0 Å². The van der Waals surface area contributed by atoms with Crippen molar-refractivity contribution in [3.8, 4) is 33.4 Å². The summed E-state index contributed by atoms with van der Waals surface area (Å²) >= 11 is 0. The Labute approximate surface area is 251 Å². The minimum atomic E-state index is -0.151. The van der Waals surface area contributed by atoms with Gasteiger partial charge in [-0.15, -0.1) is 0 Å². The van der Waals surface area contributed by atoms with Gasteiger partial charge in [-0.2, -0.15) is 0 Å². The van der Waals surface area contributed by atoms with E-state index in [9.17, 15) is 0 Å². The molecule has 0 unspecified atom stereocenters. The second-order valence-corrected chi connectivity index (χ2v) is 12.5. The average molecular weight is 547 g/mol. The highest BCUT2D eigenvalue weighted by atomic mass is 14.4. The summed E-state index contributed by atoms with van der Waals surface area (Å²) in [5.41, 5.74) is 10.7. The highest BCUT2D eigenvalue weighted by molar-refractivity contribution is 6.22. The van der Waals surface area contributed by atoms with Crippen molar-refractivity contribution < 1.29 is 0 Å². The third-order valence-corrected chi connectivity index (χ3v) is 9.77. The van der Waals surface area contributed by atoms with Crippen LogP contribution in [0.3, 0.4) is 0 Å². The van der Waals surface area contributed by atoms with E-state index in [0.717, 1.165) is 0 Å². The van der Waals surface area contributed by atoms with Gasteiger partial charge in [0.2, 0.25) is 0 Å². The molecule has 0 aromatic heterocycles.